The molecular formula is C8H9N5O2. The zero-order chi connectivity index (χ0) is 11.0. The lowest BCUT2D eigenvalue weighted by Gasteiger charge is -1.90. The molecule has 15 heavy (non-hydrogen) atoms. The fraction of sp³-hybridized carbons (Fsp3) is 0.250. The molecule has 0 aliphatic rings. The van der Waals surface area contributed by atoms with Gasteiger partial charge in [0.1, 0.15) is 5.69 Å². The second kappa shape index (κ2) is 3.19. The van der Waals surface area contributed by atoms with E-state index in [0.29, 0.717) is 11.4 Å². The van der Waals surface area contributed by atoms with E-state index in [-0.39, 0.29) is 5.69 Å². The minimum Gasteiger partial charge on any atom is -0.476 e. The lowest BCUT2D eigenvalue weighted by molar-refractivity contribution is 0.0689. The number of hydrogen-bond acceptors (Lipinski definition) is 4. The number of carboxylic acids is 1. The summed E-state index contributed by atoms with van der Waals surface area (Å²) < 4.78 is 1.59. The Morgan fingerprint density at radius 1 is 1.47 bits per heavy atom. The summed E-state index contributed by atoms with van der Waals surface area (Å²) in [7, 11) is 1.76. The first kappa shape index (κ1) is 9.38. The van der Waals surface area contributed by atoms with Gasteiger partial charge in [0.05, 0.1) is 18.1 Å². The largest absolute Gasteiger partial charge is 0.476 e. The Kier molecular flexibility index (Phi) is 2.00. The van der Waals surface area contributed by atoms with Gasteiger partial charge in [-0.2, -0.15) is 10.2 Å². The van der Waals surface area contributed by atoms with Gasteiger partial charge in [-0.3, -0.25) is 4.68 Å². The number of nitrogens with zero attached hydrogens (tertiary/aromatic N) is 5. The second-order valence-corrected chi connectivity index (χ2v) is 3.10. The van der Waals surface area contributed by atoms with Gasteiger partial charge in [-0.05, 0) is 6.92 Å². The quantitative estimate of drug-likeness (QED) is 0.749. The van der Waals surface area contributed by atoms with Crippen molar-refractivity contribution in [2.75, 3.05) is 0 Å². The van der Waals surface area contributed by atoms with Gasteiger partial charge in [-0.25, -0.2) is 4.79 Å². The van der Waals surface area contributed by atoms with E-state index in [2.05, 4.69) is 15.3 Å². The van der Waals surface area contributed by atoms with Crippen LogP contribution in [-0.4, -0.2) is 35.9 Å². The standard InChI is InChI=1S/C8H9N5O2/c1-5-7(8(14)15)11-13(10-5)6-3-9-12(2)4-6/h3-4H,1-2H3,(H,14,15). The molecule has 0 fully saturated rings. The number of aromatic carboxylic acids is 1. The van der Waals surface area contributed by atoms with Gasteiger partial charge in [0.2, 0.25) is 0 Å². The van der Waals surface area contributed by atoms with Crippen LogP contribution in [0.3, 0.4) is 0 Å². The van der Waals surface area contributed by atoms with Gasteiger partial charge < -0.3 is 5.11 Å². The maximum absolute atomic E-state index is 10.7. The Labute approximate surface area is 84.9 Å². The van der Waals surface area contributed by atoms with Crippen molar-refractivity contribution in [3.8, 4) is 5.69 Å². The van der Waals surface area contributed by atoms with E-state index in [0.717, 1.165) is 0 Å². The highest BCUT2D eigenvalue weighted by Gasteiger charge is 2.15. The molecule has 0 aliphatic carbocycles. The fourth-order valence-corrected chi connectivity index (χ4v) is 1.20. The number of carboxylic acid groups (broad SMARTS) is 1. The SMILES string of the molecule is Cc1nn(-c2cnn(C)c2)nc1C(=O)O. The van der Waals surface area contributed by atoms with Gasteiger partial charge in [-0.1, -0.05) is 0 Å². The molecule has 0 saturated heterocycles. The summed E-state index contributed by atoms with van der Waals surface area (Å²) >= 11 is 0. The summed E-state index contributed by atoms with van der Waals surface area (Å²) in [6, 6.07) is 0. The Hall–Kier alpha value is -2.18. The summed E-state index contributed by atoms with van der Waals surface area (Å²) in [4.78, 5) is 12.0. The van der Waals surface area contributed by atoms with E-state index in [1.54, 1.807) is 31.0 Å². The van der Waals surface area contributed by atoms with Crippen LogP contribution in [0, 0.1) is 6.92 Å². The first-order chi connectivity index (χ1) is 7.08. The van der Waals surface area contributed by atoms with Crippen LogP contribution in [-0.2, 0) is 7.05 Å². The number of hydrogen-bond donors (Lipinski definition) is 1. The summed E-state index contributed by atoms with van der Waals surface area (Å²) in [6.45, 7) is 1.60. The highest BCUT2D eigenvalue weighted by atomic mass is 16.4. The number of aromatic nitrogens is 5. The molecule has 7 nitrogen and oxygen atoms in total. The Morgan fingerprint density at radius 3 is 2.67 bits per heavy atom. The van der Waals surface area contributed by atoms with Crippen molar-refractivity contribution in [2.24, 2.45) is 7.05 Å². The van der Waals surface area contributed by atoms with Crippen LogP contribution < -0.4 is 0 Å². The molecule has 2 rings (SSSR count). The predicted molar refractivity (Wildman–Crippen MR) is 49.8 cm³/mol. The van der Waals surface area contributed by atoms with Crippen LogP contribution in [0.25, 0.3) is 5.69 Å². The lowest BCUT2D eigenvalue weighted by atomic mass is 10.4. The molecule has 0 aliphatic heterocycles. The molecule has 0 bridgehead atoms. The first-order valence-corrected chi connectivity index (χ1v) is 4.24. The van der Waals surface area contributed by atoms with Crippen LogP contribution in [0.1, 0.15) is 16.2 Å². The lowest BCUT2D eigenvalue weighted by Crippen LogP contribution is -2.01. The molecule has 2 aromatic rings. The smallest absolute Gasteiger partial charge is 0.358 e. The summed E-state index contributed by atoms with van der Waals surface area (Å²) in [5, 5.41) is 20.6. The molecule has 0 unspecified atom stereocenters. The Morgan fingerprint density at radius 2 is 2.20 bits per heavy atom. The zero-order valence-electron chi connectivity index (χ0n) is 8.25. The summed E-state index contributed by atoms with van der Waals surface area (Å²) in [5.74, 6) is -1.08. The molecule has 78 valence electrons. The molecule has 0 saturated carbocycles. The minimum absolute atomic E-state index is 0.0427. The van der Waals surface area contributed by atoms with Crippen molar-refractivity contribution in [1.29, 1.82) is 0 Å². The van der Waals surface area contributed by atoms with E-state index in [4.69, 9.17) is 5.11 Å². The van der Waals surface area contributed by atoms with Crippen molar-refractivity contribution >= 4 is 5.97 Å². The second-order valence-electron chi connectivity index (χ2n) is 3.10. The van der Waals surface area contributed by atoms with Crippen molar-refractivity contribution in [2.45, 2.75) is 6.92 Å². The monoisotopic (exact) mass is 207 g/mol. The molecule has 0 atom stereocenters. The first-order valence-electron chi connectivity index (χ1n) is 4.24. The number of aryl methyl sites for hydroxylation is 2. The van der Waals surface area contributed by atoms with Crippen LogP contribution in [0.5, 0.6) is 0 Å². The average Bonchev–Trinajstić information content (AvgIpc) is 2.71. The fourth-order valence-electron chi connectivity index (χ4n) is 1.20. The molecule has 2 heterocycles. The van der Waals surface area contributed by atoms with Crippen LogP contribution >= 0.6 is 0 Å². The van der Waals surface area contributed by atoms with E-state index >= 15 is 0 Å². The molecular weight excluding hydrogens is 198 g/mol. The van der Waals surface area contributed by atoms with Crippen molar-refractivity contribution in [3.63, 3.8) is 0 Å². The van der Waals surface area contributed by atoms with Crippen molar-refractivity contribution < 1.29 is 9.90 Å². The van der Waals surface area contributed by atoms with Crippen LogP contribution in [0.4, 0.5) is 0 Å². The topological polar surface area (TPSA) is 85.8 Å². The molecule has 1 N–H and O–H groups in total. The average molecular weight is 207 g/mol. The van der Waals surface area contributed by atoms with Gasteiger partial charge in [-0.15, -0.1) is 9.90 Å². The van der Waals surface area contributed by atoms with Crippen molar-refractivity contribution in [3.05, 3.63) is 23.8 Å². The maximum Gasteiger partial charge on any atom is 0.358 e. The predicted octanol–water partition coefficient (Wildman–Crippen LogP) is 0.00742. The van der Waals surface area contributed by atoms with Gasteiger partial charge in [0, 0.05) is 7.05 Å². The number of carbonyl (C=O) groups is 1. The number of rotatable bonds is 2. The highest BCUT2D eigenvalue weighted by Crippen LogP contribution is 2.06. The van der Waals surface area contributed by atoms with Crippen LogP contribution in [0.2, 0.25) is 0 Å². The Balaban J connectivity index is 2.46. The molecule has 2 aromatic heterocycles. The summed E-state index contributed by atoms with van der Waals surface area (Å²) in [6.07, 6.45) is 3.26. The van der Waals surface area contributed by atoms with Crippen molar-refractivity contribution in [1.82, 2.24) is 24.8 Å². The maximum atomic E-state index is 10.7. The molecule has 0 spiro atoms. The van der Waals surface area contributed by atoms with Gasteiger partial charge in [0.25, 0.3) is 0 Å². The van der Waals surface area contributed by atoms with Gasteiger partial charge >= 0.3 is 5.97 Å². The third-order valence-corrected chi connectivity index (χ3v) is 1.91. The highest BCUT2D eigenvalue weighted by molar-refractivity contribution is 5.86. The van der Waals surface area contributed by atoms with E-state index < -0.39 is 5.97 Å². The molecule has 0 amide bonds. The molecule has 7 heteroatoms. The third kappa shape index (κ3) is 1.58. The molecule has 0 radical (unpaired) electrons. The van der Waals surface area contributed by atoms with E-state index in [9.17, 15) is 4.79 Å². The van der Waals surface area contributed by atoms with E-state index in [1.807, 2.05) is 0 Å². The molecule has 0 aromatic carbocycles. The zero-order valence-corrected chi connectivity index (χ0v) is 8.25. The summed E-state index contributed by atoms with van der Waals surface area (Å²) in [5.41, 5.74) is 0.971. The minimum atomic E-state index is -1.08. The Bertz CT molecular complexity index is 513. The van der Waals surface area contributed by atoms with E-state index in [1.165, 1.54) is 4.80 Å². The van der Waals surface area contributed by atoms with Gasteiger partial charge in [0.15, 0.2) is 5.69 Å². The van der Waals surface area contributed by atoms with Crippen LogP contribution in [0.15, 0.2) is 12.4 Å². The third-order valence-electron chi connectivity index (χ3n) is 1.91. The normalized spacial score (nSPS) is 10.5.